The van der Waals surface area contributed by atoms with Crippen molar-refractivity contribution in [3.8, 4) is 23.1 Å². The molecule has 0 unspecified atom stereocenters. The van der Waals surface area contributed by atoms with Gasteiger partial charge in [0.15, 0.2) is 5.78 Å². The zero-order valence-corrected chi connectivity index (χ0v) is 19.9. The van der Waals surface area contributed by atoms with E-state index >= 15 is 0 Å². The lowest BCUT2D eigenvalue weighted by Gasteiger charge is -2.28. The van der Waals surface area contributed by atoms with Gasteiger partial charge in [0.05, 0.1) is 24.5 Å². The Bertz CT molecular complexity index is 1140. The fraction of sp³-hybridized carbons (Fsp3) is 0.423. The number of halogens is 3. The number of nitrogens with zero attached hydrogens (tertiary/aromatic N) is 3. The predicted octanol–water partition coefficient (Wildman–Crippen LogP) is 5.03. The fourth-order valence-electron chi connectivity index (χ4n) is 3.66. The fourth-order valence-corrected chi connectivity index (χ4v) is 3.66. The maximum absolute atomic E-state index is 13.7. The zero-order valence-electron chi connectivity index (χ0n) is 19.9. The third kappa shape index (κ3) is 7.82. The maximum Gasteiger partial charge on any atom is 0.417 e. The predicted molar refractivity (Wildman–Crippen MR) is 130 cm³/mol. The van der Waals surface area contributed by atoms with E-state index < -0.39 is 11.7 Å². The molecule has 0 radical (unpaired) electrons. The number of pyridine rings is 2. The minimum absolute atomic E-state index is 0.101. The number of ketones is 1. The van der Waals surface area contributed by atoms with Gasteiger partial charge in [-0.1, -0.05) is 17.4 Å². The summed E-state index contributed by atoms with van der Waals surface area (Å²) in [4.78, 5) is 22.1. The Morgan fingerprint density at radius 2 is 1.94 bits per heavy atom. The number of nitrogen functional groups attached to an aromatic ring is 1. The molecular weight excluding hydrogens is 457 g/mol. The van der Waals surface area contributed by atoms with Crippen molar-refractivity contribution < 1.29 is 22.7 Å². The van der Waals surface area contributed by atoms with E-state index in [9.17, 15) is 18.0 Å². The Kier molecular flexibility index (Phi) is 8.88. The first-order chi connectivity index (χ1) is 16.6. The van der Waals surface area contributed by atoms with Crippen LogP contribution in [-0.4, -0.2) is 42.1 Å². The van der Waals surface area contributed by atoms with Gasteiger partial charge < -0.3 is 15.4 Å². The molecule has 9 heteroatoms. The second-order valence-corrected chi connectivity index (χ2v) is 8.55. The van der Waals surface area contributed by atoms with Crippen LogP contribution >= 0.6 is 0 Å². The minimum atomic E-state index is -4.61. The van der Waals surface area contributed by atoms with Gasteiger partial charge in [0, 0.05) is 43.3 Å². The number of ether oxygens (including phenoxy) is 1. The van der Waals surface area contributed by atoms with Crippen LogP contribution in [-0.2, 0) is 15.7 Å². The summed E-state index contributed by atoms with van der Waals surface area (Å²) in [7, 11) is 0. The summed E-state index contributed by atoms with van der Waals surface area (Å²) >= 11 is 0. The molecule has 0 aliphatic carbocycles. The van der Waals surface area contributed by atoms with E-state index in [0.29, 0.717) is 50.5 Å². The number of morpholine rings is 1. The van der Waals surface area contributed by atoms with Crippen LogP contribution in [0.15, 0.2) is 36.0 Å². The molecule has 35 heavy (non-hydrogen) atoms. The van der Waals surface area contributed by atoms with Crippen molar-refractivity contribution in [1.29, 1.82) is 0 Å². The van der Waals surface area contributed by atoms with Crippen molar-refractivity contribution in [2.45, 2.75) is 45.7 Å². The van der Waals surface area contributed by atoms with Gasteiger partial charge in [-0.15, -0.1) is 0 Å². The number of rotatable bonds is 7. The van der Waals surface area contributed by atoms with Crippen molar-refractivity contribution in [3.63, 3.8) is 0 Å². The molecule has 186 valence electrons. The molecule has 0 bridgehead atoms. The van der Waals surface area contributed by atoms with Crippen molar-refractivity contribution >= 4 is 17.4 Å². The Balaban J connectivity index is 1.86. The topological polar surface area (TPSA) is 81.3 Å². The lowest BCUT2D eigenvalue weighted by Crippen LogP contribution is -2.36. The van der Waals surface area contributed by atoms with Crippen molar-refractivity contribution in [2.75, 3.05) is 36.9 Å². The van der Waals surface area contributed by atoms with Crippen LogP contribution < -0.4 is 10.6 Å². The van der Waals surface area contributed by atoms with E-state index in [1.165, 1.54) is 6.07 Å². The first-order valence-electron chi connectivity index (χ1n) is 11.5. The number of nitrogens with two attached hydrogens (primary N) is 1. The normalized spacial score (nSPS) is 13.7. The maximum atomic E-state index is 13.7. The van der Waals surface area contributed by atoms with Crippen LogP contribution in [0.4, 0.5) is 24.8 Å². The number of allylic oxidation sites excluding steroid dienone is 2. The highest BCUT2D eigenvalue weighted by Crippen LogP contribution is 2.37. The largest absolute Gasteiger partial charge is 0.417 e. The van der Waals surface area contributed by atoms with E-state index in [1.807, 2.05) is 18.7 Å². The molecule has 0 aromatic carbocycles. The van der Waals surface area contributed by atoms with Gasteiger partial charge in [0.25, 0.3) is 0 Å². The lowest BCUT2D eigenvalue weighted by atomic mass is 10.0. The SMILES string of the molecule is CC(C)=CC(=O)CCCCC#Cc1cc(-c2cnc(N)cc2C(F)(F)F)nc(N2CCOCC2)c1. The summed E-state index contributed by atoms with van der Waals surface area (Å²) in [6, 6.07) is 4.14. The molecule has 2 aromatic heterocycles. The molecule has 2 aromatic rings. The molecule has 1 fully saturated rings. The smallest absolute Gasteiger partial charge is 0.384 e. The highest BCUT2D eigenvalue weighted by atomic mass is 19.4. The third-order valence-corrected chi connectivity index (χ3v) is 5.31. The van der Waals surface area contributed by atoms with Crippen LogP contribution in [0.1, 0.15) is 50.7 Å². The highest BCUT2D eigenvalue weighted by molar-refractivity contribution is 5.90. The van der Waals surface area contributed by atoms with Crippen LogP contribution in [0, 0.1) is 11.8 Å². The van der Waals surface area contributed by atoms with Crippen molar-refractivity contribution in [3.05, 3.63) is 47.2 Å². The second kappa shape index (κ2) is 11.8. The van der Waals surface area contributed by atoms with Crippen LogP contribution in [0.3, 0.4) is 0 Å². The molecule has 0 spiro atoms. The van der Waals surface area contributed by atoms with Crippen LogP contribution in [0.25, 0.3) is 11.3 Å². The number of carbonyl (C=O) groups excluding carboxylic acids is 1. The van der Waals surface area contributed by atoms with E-state index in [2.05, 4.69) is 21.8 Å². The van der Waals surface area contributed by atoms with Gasteiger partial charge in [-0.3, -0.25) is 4.79 Å². The molecule has 2 N–H and O–H groups in total. The Morgan fingerprint density at radius 1 is 1.20 bits per heavy atom. The average molecular weight is 487 g/mol. The average Bonchev–Trinajstić information content (AvgIpc) is 2.80. The minimum Gasteiger partial charge on any atom is -0.384 e. The first-order valence-corrected chi connectivity index (χ1v) is 11.5. The molecule has 1 saturated heterocycles. The number of alkyl halides is 3. The van der Waals surface area contributed by atoms with E-state index in [1.54, 1.807) is 12.1 Å². The van der Waals surface area contributed by atoms with Gasteiger partial charge in [0.2, 0.25) is 0 Å². The molecule has 1 aliphatic rings. The number of carbonyl (C=O) groups is 1. The van der Waals surface area contributed by atoms with Gasteiger partial charge in [-0.05, 0) is 51.0 Å². The van der Waals surface area contributed by atoms with E-state index in [0.717, 1.165) is 30.7 Å². The molecule has 1 aliphatic heterocycles. The van der Waals surface area contributed by atoms with Crippen LogP contribution in [0.5, 0.6) is 0 Å². The lowest BCUT2D eigenvalue weighted by molar-refractivity contribution is -0.137. The van der Waals surface area contributed by atoms with E-state index in [4.69, 9.17) is 10.5 Å². The Hall–Kier alpha value is -3.38. The molecule has 3 heterocycles. The van der Waals surface area contributed by atoms with E-state index in [-0.39, 0.29) is 22.9 Å². The quantitative estimate of drug-likeness (QED) is 0.336. The van der Waals surface area contributed by atoms with Gasteiger partial charge in [-0.25, -0.2) is 9.97 Å². The molecule has 0 saturated carbocycles. The zero-order chi connectivity index (χ0) is 25.4. The number of anilines is 2. The number of unbranched alkanes of at least 4 members (excludes halogenated alkanes) is 2. The summed E-state index contributed by atoms with van der Waals surface area (Å²) < 4.78 is 46.6. The van der Waals surface area contributed by atoms with Gasteiger partial charge in [-0.2, -0.15) is 13.2 Å². The summed E-state index contributed by atoms with van der Waals surface area (Å²) in [6.07, 6.45) is 0.649. The molecule has 0 atom stereocenters. The van der Waals surface area contributed by atoms with Gasteiger partial charge >= 0.3 is 6.18 Å². The summed E-state index contributed by atoms with van der Waals surface area (Å²) in [5.74, 6) is 6.55. The highest BCUT2D eigenvalue weighted by Gasteiger charge is 2.35. The molecule has 3 rings (SSSR count). The standard InChI is InChI=1S/C26H29F3N4O2/c1-18(2)13-20(34)8-6-4-3-5-7-19-14-23(32-25(15-19)33-9-11-35-12-10-33)21-17-31-24(30)16-22(21)26(27,28)29/h13-17H,3-4,6,8-12H2,1-2H3,(H2,30,31). The third-order valence-electron chi connectivity index (χ3n) is 5.31. The first kappa shape index (κ1) is 26.2. The van der Waals surface area contributed by atoms with Crippen LogP contribution in [0.2, 0.25) is 0 Å². The summed E-state index contributed by atoms with van der Waals surface area (Å²) in [5, 5.41) is 0. The summed E-state index contributed by atoms with van der Waals surface area (Å²) in [5.41, 5.74) is 6.15. The van der Waals surface area contributed by atoms with Crippen molar-refractivity contribution in [1.82, 2.24) is 9.97 Å². The molecule has 0 amide bonds. The molecule has 6 nitrogen and oxygen atoms in total. The second-order valence-electron chi connectivity index (χ2n) is 8.55. The number of hydrogen-bond acceptors (Lipinski definition) is 6. The summed E-state index contributed by atoms with van der Waals surface area (Å²) in [6.45, 7) is 5.95. The number of aromatic nitrogens is 2. The Labute approximate surface area is 203 Å². The number of hydrogen-bond donors (Lipinski definition) is 1. The van der Waals surface area contributed by atoms with Crippen molar-refractivity contribution in [2.24, 2.45) is 0 Å². The monoisotopic (exact) mass is 486 g/mol. The van der Waals surface area contributed by atoms with Gasteiger partial charge in [0.1, 0.15) is 11.6 Å². The Morgan fingerprint density at radius 3 is 2.63 bits per heavy atom. The molecular formula is C26H29F3N4O2.